The summed E-state index contributed by atoms with van der Waals surface area (Å²) in [5.74, 6) is -2.01. The average molecular weight is 554 g/mol. The van der Waals surface area contributed by atoms with Gasteiger partial charge in [-0.1, -0.05) is 11.6 Å². The lowest BCUT2D eigenvalue weighted by molar-refractivity contribution is -0.122. The molecule has 3 aromatic carbocycles. The van der Waals surface area contributed by atoms with Crippen molar-refractivity contribution in [3.05, 3.63) is 82.6 Å². The second-order valence-electron chi connectivity index (χ2n) is 8.03. The number of ether oxygens (including phenoxy) is 3. The molecule has 0 aromatic heterocycles. The number of methoxy groups -OCH3 is 2. The number of rotatable bonds is 8. The number of imide groups is 2. The molecule has 0 aliphatic carbocycles. The summed E-state index contributed by atoms with van der Waals surface area (Å²) in [5, 5.41) is 4.73. The van der Waals surface area contributed by atoms with Gasteiger partial charge in [-0.2, -0.15) is 0 Å². The van der Waals surface area contributed by atoms with Crippen molar-refractivity contribution in [2.45, 2.75) is 0 Å². The van der Waals surface area contributed by atoms with Crippen LogP contribution in [0.1, 0.15) is 5.56 Å². The number of halogens is 2. The molecule has 1 aliphatic heterocycles. The third-order valence-corrected chi connectivity index (χ3v) is 5.75. The zero-order valence-corrected chi connectivity index (χ0v) is 21.4. The minimum atomic E-state index is -0.898. The van der Waals surface area contributed by atoms with E-state index in [0.29, 0.717) is 17.0 Å². The van der Waals surface area contributed by atoms with E-state index in [9.17, 15) is 23.6 Å². The first-order valence-electron chi connectivity index (χ1n) is 11.3. The van der Waals surface area contributed by atoms with E-state index >= 15 is 0 Å². The van der Waals surface area contributed by atoms with E-state index in [0.717, 1.165) is 4.90 Å². The molecule has 0 unspecified atom stereocenters. The van der Waals surface area contributed by atoms with E-state index in [2.05, 4.69) is 10.6 Å². The molecule has 1 saturated heterocycles. The molecule has 1 fully saturated rings. The van der Waals surface area contributed by atoms with Crippen LogP contribution in [0.4, 0.5) is 20.6 Å². The monoisotopic (exact) mass is 553 g/mol. The molecular formula is C27H21ClFN3O7. The first kappa shape index (κ1) is 27.1. The Balaban J connectivity index is 1.54. The lowest BCUT2D eigenvalue weighted by Gasteiger charge is -2.26. The van der Waals surface area contributed by atoms with Crippen LogP contribution < -0.4 is 29.7 Å². The van der Waals surface area contributed by atoms with Crippen LogP contribution in [0.15, 0.2) is 66.2 Å². The highest BCUT2D eigenvalue weighted by molar-refractivity contribution is 6.39. The minimum Gasteiger partial charge on any atom is -0.497 e. The highest BCUT2D eigenvalue weighted by Crippen LogP contribution is 2.37. The molecule has 39 heavy (non-hydrogen) atoms. The maximum atomic E-state index is 13.1. The van der Waals surface area contributed by atoms with Gasteiger partial charge in [0, 0.05) is 5.69 Å². The number of nitrogens with one attached hydrogen (secondary N) is 2. The molecule has 4 rings (SSSR count). The van der Waals surface area contributed by atoms with Crippen molar-refractivity contribution < 1.29 is 37.8 Å². The minimum absolute atomic E-state index is 0.0301. The van der Waals surface area contributed by atoms with Crippen molar-refractivity contribution >= 4 is 52.8 Å². The average Bonchev–Trinajstić information content (AvgIpc) is 2.91. The highest BCUT2D eigenvalue weighted by atomic mass is 35.5. The van der Waals surface area contributed by atoms with Crippen molar-refractivity contribution in [1.29, 1.82) is 0 Å². The molecule has 3 aromatic rings. The Hall–Kier alpha value is -4.90. The Kier molecular flexibility index (Phi) is 8.11. The third-order valence-electron chi connectivity index (χ3n) is 5.47. The van der Waals surface area contributed by atoms with Crippen molar-refractivity contribution in [3.8, 4) is 17.2 Å². The van der Waals surface area contributed by atoms with Gasteiger partial charge in [0.15, 0.2) is 18.1 Å². The SMILES string of the molecule is COc1ccc(N2C(=O)NC(=O)/C(=C\c3cc(Cl)c(OCC(=O)Nc4ccc(F)cc4)c(OC)c3)C2=O)cc1. The number of hydrogen-bond acceptors (Lipinski definition) is 7. The molecule has 1 heterocycles. The third kappa shape index (κ3) is 6.16. The van der Waals surface area contributed by atoms with E-state index < -0.39 is 36.2 Å². The summed E-state index contributed by atoms with van der Waals surface area (Å²) in [6.07, 6.45) is 1.25. The van der Waals surface area contributed by atoms with E-state index in [-0.39, 0.29) is 27.8 Å². The number of anilines is 2. The Labute approximate surface area is 226 Å². The Morgan fingerprint density at radius 1 is 1.03 bits per heavy atom. The molecule has 1 aliphatic rings. The predicted molar refractivity (Wildman–Crippen MR) is 141 cm³/mol. The van der Waals surface area contributed by atoms with Crippen molar-refractivity contribution in [2.24, 2.45) is 0 Å². The second kappa shape index (κ2) is 11.7. The lowest BCUT2D eigenvalue weighted by Crippen LogP contribution is -2.54. The summed E-state index contributed by atoms with van der Waals surface area (Å²) in [7, 11) is 2.82. The van der Waals surface area contributed by atoms with Crippen LogP contribution in [0.3, 0.4) is 0 Å². The van der Waals surface area contributed by atoms with E-state index in [1.807, 2.05) is 0 Å². The van der Waals surface area contributed by atoms with Gasteiger partial charge in [-0.05, 0) is 72.3 Å². The quantitative estimate of drug-likeness (QED) is 0.317. The van der Waals surface area contributed by atoms with E-state index in [4.69, 9.17) is 25.8 Å². The van der Waals surface area contributed by atoms with Crippen LogP contribution in [-0.4, -0.2) is 44.6 Å². The fourth-order valence-corrected chi connectivity index (χ4v) is 3.89. The summed E-state index contributed by atoms with van der Waals surface area (Å²) < 4.78 is 29.0. The normalized spacial score (nSPS) is 14.2. The zero-order valence-electron chi connectivity index (χ0n) is 20.6. The topological polar surface area (TPSA) is 123 Å². The summed E-state index contributed by atoms with van der Waals surface area (Å²) in [6.45, 7) is -0.437. The molecule has 5 amide bonds. The van der Waals surface area contributed by atoms with Gasteiger partial charge < -0.3 is 19.5 Å². The number of urea groups is 1. The van der Waals surface area contributed by atoms with E-state index in [1.165, 1.54) is 68.8 Å². The summed E-state index contributed by atoms with van der Waals surface area (Å²) >= 11 is 6.37. The number of benzene rings is 3. The Morgan fingerprint density at radius 3 is 2.36 bits per heavy atom. The number of hydrogen-bond donors (Lipinski definition) is 2. The molecule has 10 nitrogen and oxygen atoms in total. The summed E-state index contributed by atoms with van der Waals surface area (Å²) in [6, 6.07) is 13.3. The van der Waals surface area contributed by atoms with Crippen molar-refractivity contribution in [1.82, 2.24) is 5.32 Å². The number of nitrogens with zero attached hydrogens (tertiary/aromatic N) is 1. The van der Waals surface area contributed by atoms with Gasteiger partial charge in [-0.25, -0.2) is 14.1 Å². The molecule has 0 atom stereocenters. The smallest absolute Gasteiger partial charge is 0.335 e. The number of barbiturate groups is 1. The fourth-order valence-electron chi connectivity index (χ4n) is 3.62. The molecule has 200 valence electrons. The van der Waals surface area contributed by atoms with Gasteiger partial charge in [0.25, 0.3) is 17.7 Å². The highest BCUT2D eigenvalue weighted by Gasteiger charge is 2.37. The molecule has 0 bridgehead atoms. The van der Waals surface area contributed by atoms with Crippen LogP contribution in [0.2, 0.25) is 5.02 Å². The molecule has 0 spiro atoms. The van der Waals surface area contributed by atoms with Gasteiger partial charge >= 0.3 is 6.03 Å². The molecule has 0 radical (unpaired) electrons. The van der Waals surface area contributed by atoms with Gasteiger partial charge in [-0.15, -0.1) is 0 Å². The molecule has 0 saturated carbocycles. The van der Waals surface area contributed by atoms with Gasteiger partial charge in [0.05, 0.1) is 24.9 Å². The maximum absolute atomic E-state index is 13.1. The molecular weight excluding hydrogens is 533 g/mol. The van der Waals surface area contributed by atoms with Gasteiger partial charge in [0.1, 0.15) is 17.1 Å². The largest absolute Gasteiger partial charge is 0.497 e. The van der Waals surface area contributed by atoms with Crippen LogP contribution >= 0.6 is 11.6 Å². The Bertz CT molecular complexity index is 1470. The van der Waals surface area contributed by atoms with Gasteiger partial charge in [0.2, 0.25) is 0 Å². The second-order valence-corrected chi connectivity index (χ2v) is 8.44. The summed E-state index contributed by atoms with van der Waals surface area (Å²) in [4.78, 5) is 51.2. The fraction of sp³-hybridized carbons (Fsp3) is 0.111. The Morgan fingerprint density at radius 2 is 1.72 bits per heavy atom. The van der Waals surface area contributed by atoms with Gasteiger partial charge in [-0.3, -0.25) is 19.7 Å². The van der Waals surface area contributed by atoms with Crippen molar-refractivity contribution in [3.63, 3.8) is 0 Å². The van der Waals surface area contributed by atoms with Crippen LogP contribution in [0.5, 0.6) is 17.2 Å². The van der Waals surface area contributed by atoms with Crippen molar-refractivity contribution in [2.75, 3.05) is 31.0 Å². The maximum Gasteiger partial charge on any atom is 0.335 e. The predicted octanol–water partition coefficient (Wildman–Crippen LogP) is 4.18. The van der Waals surface area contributed by atoms with E-state index in [1.54, 1.807) is 12.1 Å². The lowest BCUT2D eigenvalue weighted by atomic mass is 10.1. The van der Waals surface area contributed by atoms with Crippen LogP contribution in [0, 0.1) is 5.82 Å². The first-order chi connectivity index (χ1) is 18.7. The van der Waals surface area contributed by atoms with Crippen LogP contribution in [-0.2, 0) is 14.4 Å². The zero-order chi connectivity index (χ0) is 28.1. The molecule has 12 heteroatoms. The number of carbonyl (C=O) groups excluding carboxylic acids is 4. The standard InChI is InChI=1S/C27H21ClFN3O7/c1-37-19-9-7-18(8-10-19)32-26(35)20(25(34)31-27(32)36)11-15-12-21(28)24(22(13-15)38-2)39-14-23(33)30-17-5-3-16(29)4-6-17/h3-13H,14H2,1-2H3,(H,30,33)(H,31,34,36)/b20-11+. The number of amides is 5. The van der Waals surface area contributed by atoms with Crippen LogP contribution in [0.25, 0.3) is 6.08 Å². The summed E-state index contributed by atoms with van der Waals surface area (Å²) in [5.41, 5.74) is 0.580. The number of carbonyl (C=O) groups is 4. The first-order valence-corrected chi connectivity index (χ1v) is 11.7. The molecule has 2 N–H and O–H groups in total.